The fourth-order valence-electron chi connectivity index (χ4n) is 2.08. The first kappa shape index (κ1) is 15.6. The predicted molar refractivity (Wildman–Crippen MR) is 83.1 cm³/mol. The Hall–Kier alpha value is -1.81. The lowest BCUT2D eigenvalue weighted by Crippen LogP contribution is -2.34. The third kappa shape index (κ3) is 4.60. The average Bonchev–Trinajstić information content (AvgIpc) is 2.83. The van der Waals surface area contributed by atoms with E-state index in [4.69, 9.17) is 4.74 Å². The predicted octanol–water partition coefficient (Wildman–Crippen LogP) is 3.57. The first-order valence-electron chi connectivity index (χ1n) is 7.09. The molecule has 0 spiro atoms. The van der Waals surface area contributed by atoms with Gasteiger partial charge < -0.3 is 14.6 Å². The summed E-state index contributed by atoms with van der Waals surface area (Å²) in [5.41, 5.74) is 2.24. The topological polar surface area (TPSA) is 26.2 Å². The van der Waals surface area contributed by atoms with E-state index >= 15 is 0 Å². The summed E-state index contributed by atoms with van der Waals surface area (Å²) in [6.45, 7) is 7.91. The number of halogens is 1. The molecule has 2 aromatic rings. The molecule has 2 rings (SSSR count). The molecule has 0 unspecified atom stereocenters. The molecule has 0 aliphatic rings. The van der Waals surface area contributed by atoms with Crippen LogP contribution in [0.5, 0.6) is 5.75 Å². The molecular formula is C17H23FN2O. The Kier molecular flexibility index (Phi) is 4.68. The minimum absolute atomic E-state index is 0.0984. The fourth-order valence-corrected chi connectivity index (χ4v) is 2.08. The minimum Gasteiger partial charge on any atom is -0.494 e. The van der Waals surface area contributed by atoms with Crippen molar-refractivity contribution in [2.45, 2.75) is 39.4 Å². The Balaban J connectivity index is 2.00. The number of rotatable bonds is 5. The number of benzene rings is 1. The summed E-state index contributed by atoms with van der Waals surface area (Å²) in [6.07, 6.45) is 4.10. The third-order valence-electron chi connectivity index (χ3n) is 3.22. The van der Waals surface area contributed by atoms with E-state index in [0.717, 1.165) is 12.1 Å². The molecule has 0 aliphatic heterocycles. The van der Waals surface area contributed by atoms with Crippen molar-refractivity contribution in [3.8, 4) is 5.75 Å². The van der Waals surface area contributed by atoms with Crippen LogP contribution in [-0.4, -0.2) is 17.2 Å². The van der Waals surface area contributed by atoms with E-state index in [2.05, 4.69) is 42.9 Å². The molecule has 1 heterocycles. The lowest BCUT2D eigenvalue weighted by atomic mass is 10.1. The van der Waals surface area contributed by atoms with Gasteiger partial charge in [0.15, 0.2) is 11.6 Å². The molecule has 0 amide bonds. The van der Waals surface area contributed by atoms with Gasteiger partial charge in [-0.25, -0.2) is 4.39 Å². The highest BCUT2D eigenvalue weighted by atomic mass is 19.1. The number of nitrogens with zero attached hydrogens (tertiary/aromatic N) is 1. The van der Waals surface area contributed by atoms with Crippen molar-refractivity contribution in [3.63, 3.8) is 0 Å². The quantitative estimate of drug-likeness (QED) is 0.911. The standard InChI is InChI=1S/C17H23FN2O/c1-17(2,3)19-10-14-7-8-20(12-14)11-13-5-6-16(21-4)15(18)9-13/h5-9,12,19H,10-11H2,1-4H3. The molecule has 3 nitrogen and oxygen atoms in total. The van der Waals surface area contributed by atoms with Gasteiger partial charge >= 0.3 is 0 Å². The molecule has 21 heavy (non-hydrogen) atoms. The van der Waals surface area contributed by atoms with Gasteiger partial charge in [0.05, 0.1) is 7.11 Å². The van der Waals surface area contributed by atoms with Crippen LogP contribution in [0.15, 0.2) is 36.7 Å². The molecule has 1 aromatic carbocycles. The summed E-state index contributed by atoms with van der Waals surface area (Å²) in [7, 11) is 1.47. The van der Waals surface area contributed by atoms with Gasteiger partial charge in [-0.15, -0.1) is 0 Å². The average molecular weight is 290 g/mol. The van der Waals surface area contributed by atoms with Crippen molar-refractivity contribution >= 4 is 0 Å². The van der Waals surface area contributed by atoms with Gasteiger partial charge in [-0.05, 0) is 50.1 Å². The summed E-state index contributed by atoms with van der Waals surface area (Å²) in [5.74, 6) is -0.0434. The smallest absolute Gasteiger partial charge is 0.165 e. The summed E-state index contributed by atoms with van der Waals surface area (Å²) < 4.78 is 20.7. The van der Waals surface area contributed by atoms with Gasteiger partial charge in [-0.1, -0.05) is 6.07 Å². The molecule has 0 saturated carbocycles. The molecule has 1 aromatic heterocycles. The second-order valence-corrected chi connectivity index (χ2v) is 6.26. The molecule has 0 atom stereocenters. The Labute approximate surface area is 125 Å². The molecule has 114 valence electrons. The number of hydrogen-bond donors (Lipinski definition) is 1. The lowest BCUT2D eigenvalue weighted by Gasteiger charge is -2.19. The molecule has 4 heteroatoms. The van der Waals surface area contributed by atoms with Crippen LogP contribution in [0.4, 0.5) is 4.39 Å². The Morgan fingerprint density at radius 2 is 1.95 bits per heavy atom. The monoisotopic (exact) mass is 290 g/mol. The zero-order valence-corrected chi connectivity index (χ0v) is 13.1. The SMILES string of the molecule is COc1ccc(Cn2ccc(CNC(C)(C)C)c2)cc1F. The van der Waals surface area contributed by atoms with Gasteiger partial charge in [0.1, 0.15) is 0 Å². The highest BCUT2D eigenvalue weighted by Gasteiger charge is 2.09. The van der Waals surface area contributed by atoms with Crippen molar-refractivity contribution in [2.24, 2.45) is 0 Å². The van der Waals surface area contributed by atoms with Crippen molar-refractivity contribution in [1.29, 1.82) is 0 Å². The summed E-state index contributed by atoms with van der Waals surface area (Å²) in [4.78, 5) is 0. The number of aromatic nitrogens is 1. The number of methoxy groups -OCH3 is 1. The van der Waals surface area contributed by atoms with E-state index in [1.807, 2.05) is 12.3 Å². The maximum absolute atomic E-state index is 13.7. The van der Waals surface area contributed by atoms with E-state index < -0.39 is 0 Å². The zero-order valence-electron chi connectivity index (χ0n) is 13.1. The zero-order chi connectivity index (χ0) is 15.5. The van der Waals surface area contributed by atoms with Crippen LogP contribution < -0.4 is 10.1 Å². The highest BCUT2D eigenvalue weighted by molar-refractivity contribution is 5.29. The Bertz CT molecular complexity index is 599. The van der Waals surface area contributed by atoms with Crippen molar-refractivity contribution in [3.05, 3.63) is 53.6 Å². The van der Waals surface area contributed by atoms with Gasteiger partial charge in [0, 0.05) is 31.0 Å². The van der Waals surface area contributed by atoms with Crippen LogP contribution in [-0.2, 0) is 13.1 Å². The second-order valence-electron chi connectivity index (χ2n) is 6.26. The van der Waals surface area contributed by atoms with E-state index in [1.165, 1.54) is 18.7 Å². The third-order valence-corrected chi connectivity index (χ3v) is 3.22. The van der Waals surface area contributed by atoms with Crippen LogP contribution in [0.25, 0.3) is 0 Å². The molecule has 0 radical (unpaired) electrons. The summed E-state index contributed by atoms with van der Waals surface area (Å²) in [6, 6.07) is 7.15. The van der Waals surface area contributed by atoms with Crippen molar-refractivity contribution in [2.75, 3.05) is 7.11 Å². The Morgan fingerprint density at radius 3 is 2.57 bits per heavy atom. The fraction of sp³-hybridized carbons (Fsp3) is 0.412. The maximum atomic E-state index is 13.7. The number of ether oxygens (including phenoxy) is 1. The van der Waals surface area contributed by atoms with Crippen LogP contribution in [0.2, 0.25) is 0 Å². The maximum Gasteiger partial charge on any atom is 0.165 e. The lowest BCUT2D eigenvalue weighted by molar-refractivity contribution is 0.386. The van der Waals surface area contributed by atoms with E-state index in [9.17, 15) is 4.39 Å². The van der Waals surface area contributed by atoms with Gasteiger partial charge in [-0.3, -0.25) is 0 Å². The van der Waals surface area contributed by atoms with Crippen molar-refractivity contribution < 1.29 is 9.13 Å². The van der Waals surface area contributed by atoms with Crippen LogP contribution in [0.1, 0.15) is 31.9 Å². The molecule has 0 aliphatic carbocycles. The normalized spacial score (nSPS) is 11.7. The summed E-state index contributed by atoms with van der Waals surface area (Å²) >= 11 is 0. The number of nitrogens with one attached hydrogen (secondary N) is 1. The van der Waals surface area contributed by atoms with E-state index in [-0.39, 0.29) is 17.1 Å². The van der Waals surface area contributed by atoms with Gasteiger partial charge in [0.2, 0.25) is 0 Å². The van der Waals surface area contributed by atoms with E-state index in [1.54, 1.807) is 6.07 Å². The molecule has 0 saturated heterocycles. The molecule has 0 bridgehead atoms. The van der Waals surface area contributed by atoms with Gasteiger partial charge in [-0.2, -0.15) is 0 Å². The minimum atomic E-state index is -0.322. The highest BCUT2D eigenvalue weighted by Crippen LogP contribution is 2.18. The van der Waals surface area contributed by atoms with Crippen LogP contribution >= 0.6 is 0 Å². The van der Waals surface area contributed by atoms with Gasteiger partial charge in [0.25, 0.3) is 0 Å². The summed E-state index contributed by atoms with van der Waals surface area (Å²) in [5, 5.41) is 3.45. The molecule has 0 fully saturated rings. The van der Waals surface area contributed by atoms with Crippen LogP contribution in [0, 0.1) is 5.82 Å². The largest absolute Gasteiger partial charge is 0.494 e. The van der Waals surface area contributed by atoms with Crippen LogP contribution in [0.3, 0.4) is 0 Å². The van der Waals surface area contributed by atoms with Crippen molar-refractivity contribution in [1.82, 2.24) is 9.88 Å². The number of hydrogen-bond acceptors (Lipinski definition) is 2. The molecule has 1 N–H and O–H groups in total. The first-order valence-corrected chi connectivity index (χ1v) is 7.09. The molecular weight excluding hydrogens is 267 g/mol. The van der Waals surface area contributed by atoms with E-state index in [0.29, 0.717) is 6.54 Å². The first-order chi connectivity index (χ1) is 9.87. The second kappa shape index (κ2) is 6.31. The Morgan fingerprint density at radius 1 is 1.19 bits per heavy atom.